The Morgan fingerprint density at radius 2 is 1.74 bits per heavy atom. The summed E-state index contributed by atoms with van der Waals surface area (Å²) in [6.45, 7) is 0.134. The molecule has 2 amide bonds. The average molecular weight is 397 g/mol. The highest BCUT2D eigenvalue weighted by Gasteiger charge is 2.33. The van der Waals surface area contributed by atoms with E-state index in [2.05, 4.69) is 0 Å². The number of carboxylic acids is 1. The molecule has 0 aliphatic carbocycles. The van der Waals surface area contributed by atoms with Crippen LogP contribution in [0.2, 0.25) is 0 Å². The molecule has 3 rings (SSSR count). The third-order valence-corrected chi connectivity index (χ3v) is 5.77. The number of hydrogen-bond acceptors (Lipinski definition) is 7. The highest BCUT2D eigenvalue weighted by molar-refractivity contribution is 7.89. The average Bonchev–Trinajstić information content (AvgIpc) is 3.31. The Morgan fingerprint density at radius 3 is 2.26 bits per heavy atom. The number of carboxylic acid groups (broad SMARTS) is 1. The second-order valence-corrected chi connectivity index (χ2v) is 7.55. The molecule has 11 nitrogen and oxygen atoms in total. The van der Waals surface area contributed by atoms with Crippen LogP contribution < -0.4 is 5.73 Å². The van der Waals surface area contributed by atoms with Gasteiger partial charge in [0.2, 0.25) is 5.09 Å². The van der Waals surface area contributed by atoms with Crippen molar-refractivity contribution in [3.8, 4) is 0 Å². The normalized spacial score (nSPS) is 15.6. The Morgan fingerprint density at radius 1 is 1.07 bits per heavy atom. The summed E-state index contributed by atoms with van der Waals surface area (Å²) in [4.78, 5) is 35.6. The maximum Gasteiger partial charge on any atom is 0.338 e. The van der Waals surface area contributed by atoms with Crippen LogP contribution in [0.3, 0.4) is 0 Å². The van der Waals surface area contributed by atoms with E-state index in [1.807, 2.05) is 0 Å². The lowest BCUT2D eigenvalue weighted by molar-refractivity contribution is 0.0663. The van der Waals surface area contributed by atoms with Gasteiger partial charge in [-0.2, -0.15) is 4.31 Å². The molecular formula is C15H15N3O8S. The van der Waals surface area contributed by atoms with Crippen molar-refractivity contribution in [2.75, 3.05) is 26.2 Å². The minimum Gasteiger partial charge on any atom is -0.478 e. The molecule has 0 saturated carbocycles. The molecule has 2 aromatic rings. The van der Waals surface area contributed by atoms with E-state index in [1.54, 1.807) is 0 Å². The SMILES string of the molecule is NC(=O)c1ccc(S(=O)(=O)N2CCN(C(=O)c3cc(C(=O)O)co3)CC2)o1. The zero-order valence-electron chi connectivity index (χ0n) is 13.8. The summed E-state index contributed by atoms with van der Waals surface area (Å²) in [7, 11) is -3.98. The van der Waals surface area contributed by atoms with Gasteiger partial charge in [-0.1, -0.05) is 0 Å². The largest absolute Gasteiger partial charge is 0.478 e. The fourth-order valence-electron chi connectivity index (χ4n) is 2.57. The Balaban J connectivity index is 1.67. The minimum absolute atomic E-state index is 0.00677. The van der Waals surface area contributed by atoms with Gasteiger partial charge >= 0.3 is 5.97 Å². The molecule has 1 saturated heterocycles. The van der Waals surface area contributed by atoms with Gasteiger partial charge in [0.1, 0.15) is 6.26 Å². The monoisotopic (exact) mass is 397 g/mol. The van der Waals surface area contributed by atoms with E-state index in [1.165, 1.54) is 11.0 Å². The fraction of sp³-hybridized carbons (Fsp3) is 0.267. The summed E-state index contributed by atoms with van der Waals surface area (Å²) in [5, 5.41) is 8.45. The highest BCUT2D eigenvalue weighted by atomic mass is 32.2. The first-order chi connectivity index (χ1) is 12.7. The number of piperazine rings is 1. The molecule has 2 aromatic heterocycles. The second-order valence-electron chi connectivity index (χ2n) is 5.68. The van der Waals surface area contributed by atoms with Gasteiger partial charge in [-0.15, -0.1) is 0 Å². The predicted molar refractivity (Wildman–Crippen MR) is 87.6 cm³/mol. The van der Waals surface area contributed by atoms with Gasteiger partial charge in [0.25, 0.3) is 21.8 Å². The third kappa shape index (κ3) is 3.57. The van der Waals surface area contributed by atoms with Gasteiger partial charge in [0.15, 0.2) is 11.5 Å². The van der Waals surface area contributed by atoms with Crippen molar-refractivity contribution in [2.24, 2.45) is 5.73 Å². The Hall–Kier alpha value is -3.12. The number of nitrogens with two attached hydrogens (primary N) is 1. The first-order valence-corrected chi connectivity index (χ1v) is 9.15. The van der Waals surface area contributed by atoms with Crippen molar-refractivity contribution >= 4 is 27.8 Å². The number of rotatable bonds is 5. The van der Waals surface area contributed by atoms with E-state index in [-0.39, 0.29) is 43.3 Å². The summed E-state index contributed by atoms with van der Waals surface area (Å²) in [6, 6.07) is 3.43. The fourth-order valence-corrected chi connectivity index (χ4v) is 3.90. The molecule has 0 atom stereocenters. The summed E-state index contributed by atoms with van der Waals surface area (Å²) in [5.74, 6) is -3.04. The van der Waals surface area contributed by atoms with Gasteiger partial charge in [-0.25, -0.2) is 13.2 Å². The van der Waals surface area contributed by atoms with Crippen LogP contribution in [0.15, 0.2) is 38.4 Å². The van der Waals surface area contributed by atoms with Crippen LogP contribution in [0.5, 0.6) is 0 Å². The molecule has 1 aliphatic rings. The van der Waals surface area contributed by atoms with Crippen LogP contribution >= 0.6 is 0 Å². The Bertz CT molecular complexity index is 998. The predicted octanol–water partition coefficient (Wildman–Crippen LogP) is -0.184. The number of carbonyl (C=O) groups is 3. The molecule has 0 bridgehead atoms. The molecule has 3 N–H and O–H groups in total. The number of hydrogen-bond donors (Lipinski definition) is 2. The van der Waals surface area contributed by atoms with Crippen molar-refractivity contribution in [1.29, 1.82) is 0 Å². The van der Waals surface area contributed by atoms with E-state index >= 15 is 0 Å². The lowest BCUT2D eigenvalue weighted by Gasteiger charge is -2.32. The summed E-state index contributed by atoms with van der Waals surface area (Å²) in [6.07, 6.45) is 0.962. The molecule has 3 heterocycles. The third-order valence-electron chi connectivity index (χ3n) is 4.00. The van der Waals surface area contributed by atoms with Crippen LogP contribution in [0.25, 0.3) is 0 Å². The highest BCUT2D eigenvalue weighted by Crippen LogP contribution is 2.21. The number of furan rings is 2. The summed E-state index contributed by atoms with van der Waals surface area (Å²) < 4.78 is 36.1. The number of primary amides is 1. The quantitative estimate of drug-likeness (QED) is 0.701. The van der Waals surface area contributed by atoms with Crippen molar-refractivity contribution in [3.63, 3.8) is 0 Å². The molecule has 12 heteroatoms. The topological polar surface area (TPSA) is 164 Å². The zero-order valence-corrected chi connectivity index (χ0v) is 14.6. The van der Waals surface area contributed by atoms with Gasteiger partial charge in [0.05, 0.1) is 5.56 Å². The smallest absolute Gasteiger partial charge is 0.338 e. The number of nitrogens with zero attached hydrogens (tertiary/aromatic N) is 2. The van der Waals surface area contributed by atoms with Gasteiger partial charge < -0.3 is 24.6 Å². The Kier molecular flexibility index (Phi) is 4.76. The van der Waals surface area contributed by atoms with Crippen LogP contribution in [0, 0.1) is 0 Å². The summed E-state index contributed by atoms with van der Waals surface area (Å²) in [5.41, 5.74) is 4.89. The molecule has 0 unspecified atom stereocenters. The van der Waals surface area contributed by atoms with Gasteiger partial charge in [-0.3, -0.25) is 9.59 Å². The molecule has 0 radical (unpaired) electrons. The molecule has 0 spiro atoms. The lowest BCUT2D eigenvalue weighted by Crippen LogP contribution is -2.50. The maximum atomic E-state index is 12.5. The molecule has 144 valence electrons. The molecule has 0 aromatic carbocycles. The van der Waals surface area contributed by atoms with Crippen molar-refractivity contribution in [2.45, 2.75) is 5.09 Å². The van der Waals surface area contributed by atoms with Crippen LogP contribution in [0.1, 0.15) is 31.5 Å². The van der Waals surface area contributed by atoms with Crippen molar-refractivity contribution in [1.82, 2.24) is 9.21 Å². The first-order valence-electron chi connectivity index (χ1n) is 7.71. The van der Waals surface area contributed by atoms with Crippen LogP contribution in [0.4, 0.5) is 0 Å². The zero-order chi connectivity index (χ0) is 19.8. The van der Waals surface area contributed by atoms with Crippen molar-refractivity contribution < 1.29 is 36.7 Å². The second kappa shape index (κ2) is 6.89. The maximum absolute atomic E-state index is 12.5. The minimum atomic E-state index is -3.98. The van der Waals surface area contributed by atoms with E-state index < -0.39 is 32.9 Å². The van der Waals surface area contributed by atoms with E-state index in [9.17, 15) is 22.8 Å². The standard InChI is InChI=1S/C15H15N3O8S/c16-13(19)10-1-2-12(26-10)27(23,24)18-5-3-17(4-6-18)14(20)11-7-9(8-25-11)15(21)22/h1-2,7-8H,3-6H2,(H2,16,19)(H,21,22). The van der Waals surface area contributed by atoms with Crippen LogP contribution in [-0.2, 0) is 10.0 Å². The van der Waals surface area contributed by atoms with Crippen LogP contribution in [-0.4, -0.2) is 66.7 Å². The van der Waals surface area contributed by atoms with E-state index in [4.69, 9.17) is 19.7 Å². The number of amides is 2. The van der Waals surface area contributed by atoms with E-state index in [0.29, 0.717) is 0 Å². The van der Waals surface area contributed by atoms with Crippen molar-refractivity contribution in [3.05, 3.63) is 41.5 Å². The van der Waals surface area contributed by atoms with Gasteiger partial charge in [-0.05, 0) is 12.1 Å². The van der Waals surface area contributed by atoms with E-state index in [0.717, 1.165) is 22.7 Å². The summed E-state index contributed by atoms with van der Waals surface area (Å²) >= 11 is 0. The lowest BCUT2D eigenvalue weighted by atomic mass is 10.2. The number of aromatic carboxylic acids is 1. The number of carbonyl (C=O) groups excluding carboxylic acids is 2. The molecule has 27 heavy (non-hydrogen) atoms. The molecular weight excluding hydrogens is 382 g/mol. The Labute approximate surface area is 153 Å². The molecule has 1 aliphatic heterocycles. The molecule has 1 fully saturated rings. The number of sulfonamides is 1. The van der Waals surface area contributed by atoms with Gasteiger partial charge in [0, 0.05) is 32.2 Å². The first kappa shape index (κ1) is 18.7.